The number of rotatable bonds is 7. The van der Waals surface area contributed by atoms with E-state index >= 15 is 0 Å². The SMILES string of the molecule is c1ccc(-c2ccc(N(c3ccc(-c4ccc5ccccc5c4)cc3)c3cc(-c4ccccc4)cc(-c4ccc5ccc6ccccc6c5c4)c3)cc2)cc1. The highest BCUT2D eigenvalue weighted by Gasteiger charge is 2.17. The molecule has 0 heterocycles. The minimum Gasteiger partial charge on any atom is -0.310 e. The summed E-state index contributed by atoms with van der Waals surface area (Å²) in [7, 11) is 0. The maximum absolute atomic E-state index is 2.39. The van der Waals surface area contributed by atoms with Crippen LogP contribution in [0, 0.1) is 0 Å². The van der Waals surface area contributed by atoms with Crippen LogP contribution in [-0.2, 0) is 0 Å². The molecule has 0 aromatic heterocycles. The molecule has 0 saturated heterocycles. The van der Waals surface area contributed by atoms with Gasteiger partial charge in [0.15, 0.2) is 0 Å². The second-order valence-corrected chi connectivity index (χ2v) is 14.2. The zero-order chi connectivity index (χ0) is 36.6. The number of fused-ring (bicyclic) bond motifs is 4. The van der Waals surface area contributed by atoms with Crippen LogP contribution >= 0.6 is 0 Å². The molecule has 0 spiro atoms. The van der Waals surface area contributed by atoms with Gasteiger partial charge < -0.3 is 4.90 Å². The van der Waals surface area contributed by atoms with E-state index in [0.717, 1.165) is 17.1 Å². The van der Waals surface area contributed by atoms with Crippen LogP contribution in [0.15, 0.2) is 224 Å². The Morgan fingerprint density at radius 2 is 0.618 bits per heavy atom. The summed E-state index contributed by atoms with van der Waals surface area (Å²) in [4.78, 5) is 2.39. The van der Waals surface area contributed by atoms with E-state index in [1.54, 1.807) is 0 Å². The monoisotopic (exact) mass is 699 g/mol. The molecule has 0 aliphatic heterocycles. The molecule has 0 saturated carbocycles. The van der Waals surface area contributed by atoms with E-state index in [9.17, 15) is 0 Å². The Morgan fingerprint density at radius 3 is 1.27 bits per heavy atom. The van der Waals surface area contributed by atoms with Gasteiger partial charge in [-0.2, -0.15) is 0 Å². The highest BCUT2D eigenvalue weighted by atomic mass is 15.1. The zero-order valence-corrected chi connectivity index (χ0v) is 30.3. The van der Waals surface area contributed by atoms with E-state index in [1.165, 1.54) is 76.8 Å². The lowest BCUT2D eigenvalue weighted by Gasteiger charge is -2.27. The zero-order valence-electron chi connectivity index (χ0n) is 30.3. The second kappa shape index (κ2) is 14.0. The van der Waals surface area contributed by atoms with Crippen molar-refractivity contribution in [3.63, 3.8) is 0 Å². The third-order valence-electron chi connectivity index (χ3n) is 10.8. The summed E-state index contributed by atoms with van der Waals surface area (Å²) in [6.45, 7) is 0. The maximum Gasteiger partial charge on any atom is 0.0473 e. The first-order chi connectivity index (χ1) is 27.2. The van der Waals surface area contributed by atoms with Gasteiger partial charge in [-0.1, -0.05) is 170 Å². The van der Waals surface area contributed by atoms with Crippen LogP contribution in [0.4, 0.5) is 17.1 Å². The van der Waals surface area contributed by atoms with Gasteiger partial charge in [0, 0.05) is 17.1 Å². The molecule has 0 aliphatic carbocycles. The minimum absolute atomic E-state index is 1.10. The van der Waals surface area contributed by atoms with E-state index in [2.05, 4.69) is 229 Å². The van der Waals surface area contributed by atoms with E-state index in [4.69, 9.17) is 0 Å². The van der Waals surface area contributed by atoms with Crippen molar-refractivity contribution in [3.05, 3.63) is 224 Å². The van der Waals surface area contributed by atoms with Crippen molar-refractivity contribution in [2.24, 2.45) is 0 Å². The predicted molar refractivity (Wildman–Crippen MR) is 235 cm³/mol. The fraction of sp³-hybridized carbons (Fsp3) is 0. The molecule has 0 aliphatic rings. The summed E-state index contributed by atoms with van der Waals surface area (Å²) in [5.74, 6) is 0. The molecule has 10 aromatic carbocycles. The van der Waals surface area contributed by atoms with Crippen LogP contribution in [0.1, 0.15) is 0 Å². The lowest BCUT2D eigenvalue weighted by atomic mass is 9.94. The Morgan fingerprint density at radius 1 is 0.200 bits per heavy atom. The fourth-order valence-corrected chi connectivity index (χ4v) is 7.94. The van der Waals surface area contributed by atoms with Gasteiger partial charge in [0.1, 0.15) is 0 Å². The molecule has 0 unspecified atom stereocenters. The standard InChI is InChI=1S/C54H37N/c1-3-11-38(12-4-1)41-25-29-50(30-26-41)55(51-31-27-42(28-32-51)46-23-19-40-15-7-8-17-45(40)33-46)52-35-48(39-13-5-2-6-14-39)34-49(36-52)47-24-22-44-21-20-43-16-9-10-18-53(43)54(44)37-47/h1-37H. The Hall–Kier alpha value is -7.22. The van der Waals surface area contributed by atoms with Gasteiger partial charge in [0.2, 0.25) is 0 Å². The number of benzene rings is 10. The van der Waals surface area contributed by atoms with Crippen LogP contribution < -0.4 is 4.90 Å². The summed E-state index contributed by atoms with van der Waals surface area (Å²) in [5, 5.41) is 7.53. The summed E-state index contributed by atoms with van der Waals surface area (Å²) in [6.07, 6.45) is 0. The maximum atomic E-state index is 2.39. The van der Waals surface area contributed by atoms with Crippen molar-refractivity contribution < 1.29 is 0 Å². The van der Waals surface area contributed by atoms with Gasteiger partial charge in [0.25, 0.3) is 0 Å². The van der Waals surface area contributed by atoms with Crippen LogP contribution in [0.2, 0.25) is 0 Å². The Kier molecular flexibility index (Phi) is 8.24. The van der Waals surface area contributed by atoms with Crippen LogP contribution in [-0.4, -0.2) is 0 Å². The highest BCUT2D eigenvalue weighted by molar-refractivity contribution is 6.09. The second-order valence-electron chi connectivity index (χ2n) is 14.2. The molecule has 1 nitrogen and oxygen atoms in total. The third kappa shape index (κ3) is 6.33. The minimum atomic E-state index is 1.10. The van der Waals surface area contributed by atoms with Gasteiger partial charge in [0.05, 0.1) is 0 Å². The van der Waals surface area contributed by atoms with Crippen molar-refractivity contribution >= 4 is 49.4 Å². The fourth-order valence-electron chi connectivity index (χ4n) is 7.94. The van der Waals surface area contributed by atoms with Gasteiger partial charge in [-0.3, -0.25) is 0 Å². The first-order valence-electron chi connectivity index (χ1n) is 18.9. The highest BCUT2D eigenvalue weighted by Crippen LogP contribution is 2.42. The van der Waals surface area contributed by atoms with E-state index in [-0.39, 0.29) is 0 Å². The molecule has 0 N–H and O–H groups in total. The third-order valence-corrected chi connectivity index (χ3v) is 10.8. The van der Waals surface area contributed by atoms with E-state index in [1.807, 2.05) is 0 Å². The lowest BCUT2D eigenvalue weighted by Crippen LogP contribution is -2.10. The molecule has 55 heavy (non-hydrogen) atoms. The Labute approximate surface area is 322 Å². The molecule has 0 bridgehead atoms. The largest absolute Gasteiger partial charge is 0.310 e. The molecule has 0 amide bonds. The smallest absolute Gasteiger partial charge is 0.0473 e. The van der Waals surface area contributed by atoms with E-state index < -0.39 is 0 Å². The Bertz CT molecular complexity index is 2950. The molecule has 0 fully saturated rings. The number of nitrogens with zero attached hydrogens (tertiary/aromatic N) is 1. The first-order valence-corrected chi connectivity index (χ1v) is 18.9. The van der Waals surface area contributed by atoms with Crippen molar-refractivity contribution in [1.29, 1.82) is 0 Å². The van der Waals surface area contributed by atoms with E-state index in [0.29, 0.717) is 0 Å². The summed E-state index contributed by atoms with van der Waals surface area (Å²) < 4.78 is 0. The quantitative estimate of drug-likeness (QED) is 0.150. The van der Waals surface area contributed by atoms with Crippen molar-refractivity contribution in [1.82, 2.24) is 0 Å². The van der Waals surface area contributed by atoms with Gasteiger partial charge >= 0.3 is 0 Å². The molecular weight excluding hydrogens is 663 g/mol. The number of anilines is 3. The number of hydrogen-bond acceptors (Lipinski definition) is 1. The normalized spacial score (nSPS) is 11.3. The first kappa shape index (κ1) is 32.4. The van der Waals surface area contributed by atoms with Crippen molar-refractivity contribution in [3.8, 4) is 44.5 Å². The molecule has 258 valence electrons. The van der Waals surface area contributed by atoms with Gasteiger partial charge in [-0.05, 0) is 131 Å². The van der Waals surface area contributed by atoms with Crippen LogP contribution in [0.5, 0.6) is 0 Å². The Balaban J connectivity index is 1.14. The lowest BCUT2D eigenvalue weighted by molar-refractivity contribution is 1.28. The average molecular weight is 700 g/mol. The molecule has 1 heteroatoms. The number of hydrogen-bond donors (Lipinski definition) is 0. The molecule has 10 rings (SSSR count). The predicted octanol–water partition coefficient (Wildman–Crippen LogP) is 15.3. The van der Waals surface area contributed by atoms with Crippen molar-refractivity contribution in [2.45, 2.75) is 0 Å². The molecule has 10 aromatic rings. The average Bonchev–Trinajstić information content (AvgIpc) is 3.27. The molecular formula is C54H37N. The van der Waals surface area contributed by atoms with Gasteiger partial charge in [-0.25, -0.2) is 0 Å². The summed E-state index contributed by atoms with van der Waals surface area (Å²) >= 11 is 0. The molecule has 0 radical (unpaired) electrons. The molecule has 0 atom stereocenters. The van der Waals surface area contributed by atoms with Crippen LogP contribution in [0.3, 0.4) is 0 Å². The van der Waals surface area contributed by atoms with Crippen molar-refractivity contribution in [2.75, 3.05) is 4.90 Å². The summed E-state index contributed by atoms with van der Waals surface area (Å²) in [5.41, 5.74) is 12.8. The van der Waals surface area contributed by atoms with Gasteiger partial charge in [-0.15, -0.1) is 0 Å². The van der Waals surface area contributed by atoms with Crippen LogP contribution in [0.25, 0.3) is 76.8 Å². The summed E-state index contributed by atoms with van der Waals surface area (Å²) in [6, 6.07) is 81.6. The topological polar surface area (TPSA) is 3.24 Å².